The molecular formula is C13H7BrF2N2. The van der Waals surface area contributed by atoms with Gasteiger partial charge in [0.2, 0.25) is 0 Å². The van der Waals surface area contributed by atoms with Crippen molar-refractivity contribution in [1.82, 2.24) is 0 Å². The van der Waals surface area contributed by atoms with Crippen molar-refractivity contribution in [2.45, 2.75) is 0 Å². The van der Waals surface area contributed by atoms with Crippen molar-refractivity contribution in [2.24, 2.45) is 0 Å². The quantitative estimate of drug-likeness (QED) is 0.895. The van der Waals surface area contributed by atoms with E-state index in [-0.39, 0.29) is 11.4 Å². The van der Waals surface area contributed by atoms with Crippen LogP contribution in [0.3, 0.4) is 0 Å². The fourth-order valence-electron chi connectivity index (χ4n) is 1.47. The minimum Gasteiger partial charge on any atom is -0.354 e. The van der Waals surface area contributed by atoms with Crippen LogP contribution < -0.4 is 5.32 Å². The minimum absolute atomic E-state index is 0.218. The van der Waals surface area contributed by atoms with E-state index in [0.717, 1.165) is 6.07 Å². The molecule has 0 bridgehead atoms. The minimum atomic E-state index is -0.505. The summed E-state index contributed by atoms with van der Waals surface area (Å²) in [6, 6.07) is 9.89. The molecule has 0 aliphatic carbocycles. The monoisotopic (exact) mass is 308 g/mol. The lowest BCUT2D eigenvalue weighted by Gasteiger charge is -2.09. The summed E-state index contributed by atoms with van der Waals surface area (Å²) < 4.78 is 26.6. The maximum Gasteiger partial charge on any atom is 0.126 e. The van der Waals surface area contributed by atoms with E-state index in [2.05, 4.69) is 21.2 Å². The first-order valence-electron chi connectivity index (χ1n) is 5.01. The lowest BCUT2D eigenvalue weighted by atomic mass is 10.2. The van der Waals surface area contributed by atoms with Gasteiger partial charge < -0.3 is 5.32 Å². The third kappa shape index (κ3) is 2.84. The Bertz CT molecular complexity index is 635. The van der Waals surface area contributed by atoms with Gasteiger partial charge in [-0.15, -0.1) is 0 Å². The topological polar surface area (TPSA) is 35.8 Å². The molecule has 0 spiro atoms. The molecule has 0 amide bonds. The molecule has 0 heterocycles. The smallest absolute Gasteiger partial charge is 0.126 e. The predicted molar refractivity (Wildman–Crippen MR) is 68.5 cm³/mol. The van der Waals surface area contributed by atoms with Crippen molar-refractivity contribution in [3.63, 3.8) is 0 Å². The summed E-state index contributed by atoms with van der Waals surface area (Å²) in [5.74, 6) is -0.876. The van der Waals surface area contributed by atoms with E-state index in [1.165, 1.54) is 30.3 Å². The summed E-state index contributed by atoms with van der Waals surface area (Å²) >= 11 is 3.20. The van der Waals surface area contributed by atoms with Gasteiger partial charge in [-0.05, 0) is 52.3 Å². The van der Waals surface area contributed by atoms with E-state index in [0.29, 0.717) is 15.8 Å². The summed E-state index contributed by atoms with van der Waals surface area (Å²) in [6.45, 7) is 0. The van der Waals surface area contributed by atoms with E-state index in [4.69, 9.17) is 5.26 Å². The Labute approximate surface area is 111 Å². The van der Waals surface area contributed by atoms with E-state index < -0.39 is 5.82 Å². The number of anilines is 2. The molecule has 90 valence electrons. The largest absolute Gasteiger partial charge is 0.354 e. The van der Waals surface area contributed by atoms with Crippen LogP contribution in [-0.2, 0) is 0 Å². The molecule has 1 N–H and O–H groups in total. The van der Waals surface area contributed by atoms with Crippen molar-refractivity contribution in [1.29, 1.82) is 5.26 Å². The van der Waals surface area contributed by atoms with Crippen LogP contribution in [0.5, 0.6) is 0 Å². The van der Waals surface area contributed by atoms with E-state index in [9.17, 15) is 8.78 Å². The number of nitrogens with zero attached hydrogens (tertiary/aromatic N) is 1. The molecule has 0 aromatic heterocycles. The van der Waals surface area contributed by atoms with Gasteiger partial charge in [-0.2, -0.15) is 5.26 Å². The second-order valence-electron chi connectivity index (χ2n) is 3.59. The van der Waals surface area contributed by atoms with Gasteiger partial charge in [0.25, 0.3) is 0 Å². The highest BCUT2D eigenvalue weighted by molar-refractivity contribution is 9.10. The molecule has 2 aromatic carbocycles. The summed E-state index contributed by atoms with van der Waals surface area (Å²) in [5.41, 5.74) is 1.24. The predicted octanol–water partition coefficient (Wildman–Crippen LogP) is 4.34. The molecule has 0 aliphatic heterocycles. The first-order chi connectivity index (χ1) is 8.58. The molecule has 5 heteroatoms. The van der Waals surface area contributed by atoms with Crippen LogP contribution >= 0.6 is 15.9 Å². The Morgan fingerprint density at radius 1 is 1.06 bits per heavy atom. The molecule has 0 aliphatic rings. The molecule has 0 saturated heterocycles. The van der Waals surface area contributed by atoms with Gasteiger partial charge in [0.1, 0.15) is 11.6 Å². The third-order valence-corrected chi connectivity index (χ3v) is 2.89. The Hall–Kier alpha value is -1.93. The van der Waals surface area contributed by atoms with Crippen LogP contribution in [-0.4, -0.2) is 0 Å². The van der Waals surface area contributed by atoms with Crippen LogP contribution in [0.15, 0.2) is 40.9 Å². The maximum atomic E-state index is 13.2. The Kier molecular flexibility index (Phi) is 3.58. The lowest BCUT2D eigenvalue weighted by molar-refractivity contribution is 0.626. The van der Waals surface area contributed by atoms with Gasteiger partial charge in [0, 0.05) is 10.2 Å². The van der Waals surface area contributed by atoms with Gasteiger partial charge in [-0.3, -0.25) is 0 Å². The highest BCUT2D eigenvalue weighted by Gasteiger charge is 2.04. The van der Waals surface area contributed by atoms with Crippen molar-refractivity contribution in [2.75, 3.05) is 5.32 Å². The van der Waals surface area contributed by atoms with Crippen LogP contribution in [0.1, 0.15) is 5.56 Å². The number of nitrogens with one attached hydrogen (secondary N) is 1. The number of hydrogen-bond donors (Lipinski definition) is 1. The Morgan fingerprint density at radius 2 is 1.83 bits per heavy atom. The zero-order valence-electron chi connectivity index (χ0n) is 9.05. The zero-order valence-corrected chi connectivity index (χ0v) is 10.6. The number of benzene rings is 2. The summed E-state index contributed by atoms with van der Waals surface area (Å²) in [7, 11) is 0. The van der Waals surface area contributed by atoms with E-state index >= 15 is 0 Å². The third-order valence-electron chi connectivity index (χ3n) is 2.24. The molecule has 0 atom stereocenters. The van der Waals surface area contributed by atoms with Gasteiger partial charge in [0.15, 0.2) is 0 Å². The molecule has 0 fully saturated rings. The van der Waals surface area contributed by atoms with Crippen molar-refractivity contribution < 1.29 is 8.78 Å². The lowest BCUT2D eigenvalue weighted by Crippen LogP contribution is -1.94. The second-order valence-corrected chi connectivity index (χ2v) is 4.44. The van der Waals surface area contributed by atoms with Crippen molar-refractivity contribution >= 4 is 27.3 Å². The maximum absolute atomic E-state index is 13.2. The molecule has 0 radical (unpaired) electrons. The summed E-state index contributed by atoms with van der Waals surface area (Å²) in [5, 5.41) is 11.7. The van der Waals surface area contributed by atoms with E-state index in [1.54, 1.807) is 0 Å². The Morgan fingerprint density at radius 3 is 2.50 bits per heavy atom. The SMILES string of the molecule is N#Cc1cc(F)cc(Nc2ccc(F)cc2Br)c1. The van der Waals surface area contributed by atoms with Gasteiger partial charge >= 0.3 is 0 Å². The number of rotatable bonds is 2. The highest BCUT2D eigenvalue weighted by Crippen LogP contribution is 2.27. The first-order valence-corrected chi connectivity index (χ1v) is 5.80. The summed E-state index contributed by atoms with van der Waals surface area (Å²) in [4.78, 5) is 0. The van der Waals surface area contributed by atoms with Crippen LogP contribution in [0, 0.1) is 23.0 Å². The molecule has 2 rings (SSSR count). The average molecular weight is 309 g/mol. The molecule has 2 aromatic rings. The van der Waals surface area contributed by atoms with Crippen LogP contribution in [0.4, 0.5) is 20.2 Å². The zero-order chi connectivity index (χ0) is 13.1. The highest BCUT2D eigenvalue weighted by atomic mass is 79.9. The normalized spacial score (nSPS) is 9.89. The Balaban J connectivity index is 2.34. The first kappa shape index (κ1) is 12.5. The van der Waals surface area contributed by atoms with Crippen molar-refractivity contribution in [3.8, 4) is 6.07 Å². The fraction of sp³-hybridized carbons (Fsp3) is 0. The fourth-order valence-corrected chi connectivity index (χ4v) is 1.92. The molecular weight excluding hydrogens is 302 g/mol. The van der Waals surface area contributed by atoms with Crippen molar-refractivity contribution in [3.05, 3.63) is 58.1 Å². The molecule has 0 saturated carbocycles. The van der Waals surface area contributed by atoms with Crippen LogP contribution in [0.2, 0.25) is 0 Å². The molecule has 0 unspecified atom stereocenters. The number of halogens is 3. The molecule has 18 heavy (non-hydrogen) atoms. The number of nitriles is 1. The summed E-state index contributed by atoms with van der Waals surface area (Å²) in [6.07, 6.45) is 0. The second kappa shape index (κ2) is 5.15. The van der Waals surface area contributed by atoms with Crippen LogP contribution in [0.25, 0.3) is 0 Å². The molecule has 2 nitrogen and oxygen atoms in total. The van der Waals surface area contributed by atoms with Gasteiger partial charge in [-0.1, -0.05) is 0 Å². The number of hydrogen-bond acceptors (Lipinski definition) is 2. The standard InChI is InChI=1S/C13H7BrF2N2/c14-12-6-9(15)1-2-13(12)18-11-4-8(7-17)3-10(16)5-11/h1-6,18H. The van der Waals surface area contributed by atoms with Gasteiger partial charge in [0.05, 0.1) is 17.3 Å². The average Bonchev–Trinajstić information content (AvgIpc) is 2.32. The van der Waals surface area contributed by atoms with Gasteiger partial charge in [-0.25, -0.2) is 8.78 Å². The van der Waals surface area contributed by atoms with E-state index in [1.807, 2.05) is 6.07 Å².